The molecule has 1 atom stereocenters. The number of hydrogen-bond acceptors (Lipinski definition) is 4. The van der Waals surface area contributed by atoms with E-state index in [-0.39, 0.29) is 5.82 Å². The van der Waals surface area contributed by atoms with Crippen LogP contribution in [0.1, 0.15) is 42.1 Å². The quantitative estimate of drug-likeness (QED) is 0.186. The van der Waals surface area contributed by atoms with Crippen molar-refractivity contribution in [2.45, 2.75) is 40.0 Å². The van der Waals surface area contributed by atoms with Crippen molar-refractivity contribution >= 4 is 17.5 Å². The Morgan fingerprint density at radius 2 is 1.89 bits per heavy atom. The summed E-state index contributed by atoms with van der Waals surface area (Å²) in [7, 11) is 0. The van der Waals surface area contributed by atoms with Crippen molar-refractivity contribution < 1.29 is 4.39 Å². The third-order valence-corrected chi connectivity index (χ3v) is 7.28. The fourth-order valence-corrected chi connectivity index (χ4v) is 5.23. The first-order chi connectivity index (χ1) is 18.3. The van der Waals surface area contributed by atoms with E-state index in [9.17, 15) is 4.39 Å². The van der Waals surface area contributed by atoms with Crippen LogP contribution in [0.2, 0.25) is 0 Å². The van der Waals surface area contributed by atoms with Gasteiger partial charge in [0.1, 0.15) is 5.82 Å². The maximum atomic E-state index is 13.5. The van der Waals surface area contributed by atoms with Crippen LogP contribution >= 0.6 is 0 Å². The first kappa shape index (κ1) is 27.2. The summed E-state index contributed by atoms with van der Waals surface area (Å²) in [5.74, 6) is -0.276. The van der Waals surface area contributed by atoms with E-state index in [4.69, 9.17) is 10.4 Å². The van der Waals surface area contributed by atoms with Gasteiger partial charge >= 0.3 is 0 Å². The number of nitrogens with one attached hydrogen (secondary N) is 3. The molecule has 0 aliphatic heterocycles. The van der Waals surface area contributed by atoms with Gasteiger partial charge in [-0.25, -0.2) is 4.39 Å². The molecule has 196 valence electrons. The largest absolute Gasteiger partial charge is 0.355 e. The van der Waals surface area contributed by atoms with Gasteiger partial charge in [-0.2, -0.15) is 0 Å². The number of nitrogens with zero attached hydrogens (tertiary/aromatic N) is 1. The third kappa shape index (κ3) is 6.17. The number of aromatic nitrogens is 1. The Labute approximate surface area is 225 Å². The number of halogens is 1. The number of anilines is 1. The Balaban J connectivity index is 1.84. The van der Waals surface area contributed by atoms with Gasteiger partial charge in [0.2, 0.25) is 0 Å². The first-order valence-corrected chi connectivity index (χ1v) is 13.2. The molecule has 2 aromatic carbocycles. The van der Waals surface area contributed by atoms with Crippen molar-refractivity contribution in [1.29, 1.82) is 5.41 Å². The summed E-state index contributed by atoms with van der Waals surface area (Å²) < 4.78 is 13.5. The molecule has 1 unspecified atom stereocenters. The summed E-state index contributed by atoms with van der Waals surface area (Å²) in [6.07, 6.45) is 7.69. The number of rotatable bonds is 11. The number of benzene rings is 2. The van der Waals surface area contributed by atoms with E-state index in [1.54, 1.807) is 12.1 Å². The van der Waals surface area contributed by atoms with E-state index < -0.39 is 5.41 Å². The summed E-state index contributed by atoms with van der Waals surface area (Å²) in [5, 5.41) is 15.3. The lowest BCUT2D eigenvalue weighted by Crippen LogP contribution is -2.34. The van der Waals surface area contributed by atoms with Crippen LogP contribution in [0.3, 0.4) is 0 Å². The summed E-state index contributed by atoms with van der Waals surface area (Å²) in [4.78, 5) is 4.77. The van der Waals surface area contributed by atoms with E-state index in [1.165, 1.54) is 35.0 Å². The van der Waals surface area contributed by atoms with Gasteiger partial charge in [-0.15, -0.1) is 0 Å². The fraction of sp³-hybridized carbons (Fsp3) is 0.273. The van der Waals surface area contributed by atoms with Gasteiger partial charge in [0.25, 0.3) is 0 Å². The standard InChI is InChI=1S/C33H37FN4/c1-5-36-16-15-28-18-32(38-30-12-10-29(34)11-13-30)27(21-35)20-33(28,19-26-8-6-7-23(2)17-26)25(4)31-14-9-24(3)22-37-31/h6-14,17-18,21-22,35-36,38H,4-5,15-16,19-20H2,1-3H3. The molecule has 0 spiro atoms. The first-order valence-electron chi connectivity index (χ1n) is 13.2. The fourth-order valence-electron chi connectivity index (χ4n) is 5.23. The minimum absolute atomic E-state index is 0.276. The Hall–Kier alpha value is -3.83. The van der Waals surface area contributed by atoms with Gasteiger partial charge in [-0.1, -0.05) is 55.0 Å². The number of hydrogen-bond donors (Lipinski definition) is 3. The van der Waals surface area contributed by atoms with Gasteiger partial charge < -0.3 is 16.0 Å². The molecule has 0 amide bonds. The lowest BCUT2D eigenvalue weighted by molar-refractivity contribution is 0.446. The average molecular weight is 509 g/mol. The number of aryl methyl sites for hydroxylation is 2. The number of allylic oxidation sites excluding steroid dienone is 3. The van der Waals surface area contributed by atoms with Gasteiger partial charge in [0, 0.05) is 29.2 Å². The summed E-state index contributed by atoms with van der Waals surface area (Å²) >= 11 is 0. The molecule has 0 radical (unpaired) electrons. The molecule has 1 aromatic heterocycles. The lowest BCUT2D eigenvalue weighted by Gasteiger charge is -2.42. The predicted octanol–water partition coefficient (Wildman–Crippen LogP) is 7.43. The van der Waals surface area contributed by atoms with Crippen LogP contribution in [0, 0.1) is 30.5 Å². The van der Waals surface area contributed by atoms with Crippen molar-refractivity contribution in [3.8, 4) is 0 Å². The normalized spacial score (nSPS) is 17.2. The maximum absolute atomic E-state index is 13.5. The van der Waals surface area contributed by atoms with Crippen LogP contribution < -0.4 is 10.6 Å². The average Bonchev–Trinajstić information content (AvgIpc) is 2.91. The van der Waals surface area contributed by atoms with Crippen LogP contribution in [-0.2, 0) is 6.42 Å². The van der Waals surface area contributed by atoms with Gasteiger partial charge in [0.15, 0.2) is 0 Å². The van der Waals surface area contributed by atoms with E-state index in [1.807, 2.05) is 13.1 Å². The Bertz CT molecular complexity index is 1350. The SMILES string of the molecule is C=C(c1ccc(C)cn1)C1(Cc2cccc(C)c2)CC(C=N)=C(Nc2ccc(F)cc2)C=C1CCNCC. The second-order valence-electron chi connectivity index (χ2n) is 10.1. The molecule has 4 rings (SSSR count). The minimum atomic E-state index is -0.452. The predicted molar refractivity (Wildman–Crippen MR) is 157 cm³/mol. The summed E-state index contributed by atoms with van der Waals surface area (Å²) in [6, 6.07) is 19.1. The van der Waals surface area contributed by atoms with Crippen LogP contribution in [0.4, 0.5) is 10.1 Å². The highest BCUT2D eigenvalue weighted by Gasteiger charge is 2.41. The Kier molecular flexibility index (Phi) is 8.70. The molecule has 5 heteroatoms. The molecule has 3 aromatic rings. The second-order valence-corrected chi connectivity index (χ2v) is 10.1. The van der Waals surface area contributed by atoms with Crippen molar-refractivity contribution in [2.24, 2.45) is 5.41 Å². The molecule has 0 fully saturated rings. The molecule has 0 saturated carbocycles. The van der Waals surface area contributed by atoms with E-state index in [0.717, 1.165) is 59.7 Å². The second kappa shape index (κ2) is 12.1. The molecular formula is C33H37FN4. The Morgan fingerprint density at radius 3 is 2.55 bits per heavy atom. The highest BCUT2D eigenvalue weighted by molar-refractivity contribution is 5.84. The molecule has 0 saturated heterocycles. The summed E-state index contributed by atoms with van der Waals surface area (Å²) in [5.41, 5.74) is 8.69. The zero-order valence-corrected chi connectivity index (χ0v) is 22.6. The zero-order valence-electron chi connectivity index (χ0n) is 22.6. The Morgan fingerprint density at radius 1 is 1.11 bits per heavy atom. The van der Waals surface area contributed by atoms with Crippen LogP contribution in [0.5, 0.6) is 0 Å². The van der Waals surface area contributed by atoms with Crippen molar-refractivity contribution in [1.82, 2.24) is 10.3 Å². The topological polar surface area (TPSA) is 60.8 Å². The summed E-state index contributed by atoms with van der Waals surface area (Å²) in [6.45, 7) is 12.6. The van der Waals surface area contributed by atoms with Gasteiger partial charge in [0.05, 0.1) is 5.69 Å². The zero-order chi connectivity index (χ0) is 27.1. The molecule has 4 nitrogen and oxygen atoms in total. The van der Waals surface area contributed by atoms with Crippen LogP contribution in [0.25, 0.3) is 5.57 Å². The van der Waals surface area contributed by atoms with Crippen molar-refractivity contribution in [3.63, 3.8) is 0 Å². The molecule has 0 bridgehead atoms. The van der Waals surface area contributed by atoms with Crippen molar-refractivity contribution in [2.75, 3.05) is 18.4 Å². The van der Waals surface area contributed by atoms with E-state index >= 15 is 0 Å². The smallest absolute Gasteiger partial charge is 0.123 e. The molecule has 3 N–H and O–H groups in total. The van der Waals surface area contributed by atoms with E-state index in [0.29, 0.717) is 6.42 Å². The highest BCUT2D eigenvalue weighted by Crippen LogP contribution is 2.51. The number of pyridine rings is 1. The monoisotopic (exact) mass is 508 g/mol. The van der Waals surface area contributed by atoms with Crippen LogP contribution in [-0.4, -0.2) is 24.3 Å². The molecule has 1 aliphatic rings. The highest BCUT2D eigenvalue weighted by atomic mass is 19.1. The molecule has 1 aliphatic carbocycles. The molecule has 1 heterocycles. The third-order valence-electron chi connectivity index (χ3n) is 7.28. The van der Waals surface area contributed by atoms with E-state index in [2.05, 4.69) is 73.5 Å². The van der Waals surface area contributed by atoms with Gasteiger partial charge in [-0.05, 0) is 105 Å². The maximum Gasteiger partial charge on any atom is 0.123 e. The molecule has 38 heavy (non-hydrogen) atoms. The lowest BCUT2D eigenvalue weighted by atomic mass is 9.62. The minimum Gasteiger partial charge on any atom is -0.355 e. The van der Waals surface area contributed by atoms with Gasteiger partial charge in [-0.3, -0.25) is 4.98 Å². The molecular weight excluding hydrogens is 471 g/mol. The van der Waals surface area contributed by atoms with Crippen molar-refractivity contribution in [3.05, 3.63) is 125 Å². The van der Waals surface area contributed by atoms with Crippen LogP contribution in [0.15, 0.2) is 96.4 Å².